The molecule has 0 radical (unpaired) electrons. The average Bonchev–Trinajstić information content (AvgIpc) is 3.56. The summed E-state index contributed by atoms with van der Waals surface area (Å²) in [5, 5.41) is 13.3. The van der Waals surface area contributed by atoms with Crippen molar-refractivity contribution < 1.29 is 22.6 Å². The van der Waals surface area contributed by atoms with Gasteiger partial charge >= 0.3 is 0 Å². The summed E-state index contributed by atoms with van der Waals surface area (Å²) < 4.78 is 47.3. The Hall–Kier alpha value is -4.04. The van der Waals surface area contributed by atoms with Crippen LogP contribution in [0, 0.1) is 0 Å². The summed E-state index contributed by atoms with van der Waals surface area (Å²) in [6.07, 6.45) is 3.77. The minimum absolute atomic E-state index is 0.132. The fraction of sp³-hybridized carbons (Fsp3) is 0.242. The lowest BCUT2D eigenvalue weighted by Gasteiger charge is -2.25. The predicted molar refractivity (Wildman–Crippen MR) is 181 cm³/mol. The van der Waals surface area contributed by atoms with Gasteiger partial charge in [0.2, 0.25) is 15.8 Å². The van der Waals surface area contributed by atoms with Crippen LogP contribution in [0.1, 0.15) is 16.7 Å². The normalized spacial score (nSPS) is 11.5. The summed E-state index contributed by atoms with van der Waals surface area (Å²) in [7, 11) is 0.680. The summed E-state index contributed by atoms with van der Waals surface area (Å²) in [5.41, 5.74) is 3.00. The number of nitrogens with zero attached hydrogens (tertiary/aromatic N) is 5. The summed E-state index contributed by atoms with van der Waals surface area (Å²) >= 11 is 2.79. The molecule has 0 unspecified atom stereocenters. The van der Waals surface area contributed by atoms with Gasteiger partial charge in [-0.25, -0.2) is 8.42 Å². The lowest BCUT2D eigenvalue weighted by molar-refractivity contribution is 0.397. The van der Waals surface area contributed by atoms with E-state index in [9.17, 15) is 8.42 Å². The molecule has 0 aliphatic heterocycles. The maximum absolute atomic E-state index is 14.9. The van der Waals surface area contributed by atoms with Crippen LogP contribution < -0.4 is 14.2 Å². The van der Waals surface area contributed by atoms with E-state index in [0.29, 0.717) is 28.5 Å². The maximum atomic E-state index is 14.9. The van der Waals surface area contributed by atoms with Crippen LogP contribution in [0.4, 0.5) is 0 Å². The molecule has 10 nitrogen and oxygen atoms in total. The molecule has 0 bridgehead atoms. The van der Waals surface area contributed by atoms with Gasteiger partial charge in [0.15, 0.2) is 0 Å². The smallest absolute Gasteiger partial charge is 0.245 e. The molecule has 0 saturated heterocycles. The first-order chi connectivity index (χ1) is 22.3. The number of thioether (sulfide) groups is 2. The zero-order valence-electron chi connectivity index (χ0n) is 26.2. The molecule has 1 aromatic heterocycles. The highest BCUT2D eigenvalue weighted by atomic mass is 32.2. The van der Waals surface area contributed by atoms with E-state index in [4.69, 9.17) is 14.2 Å². The van der Waals surface area contributed by atoms with Gasteiger partial charge in [0.05, 0.1) is 33.4 Å². The molecule has 0 N–H and O–H groups in total. The van der Waals surface area contributed by atoms with Crippen LogP contribution in [0.5, 0.6) is 17.2 Å². The molecule has 0 fully saturated rings. The van der Waals surface area contributed by atoms with Crippen molar-refractivity contribution in [2.75, 3.05) is 33.8 Å². The van der Waals surface area contributed by atoms with Gasteiger partial charge in [-0.3, -0.25) is 0 Å². The molecule has 5 aromatic rings. The van der Waals surface area contributed by atoms with Crippen LogP contribution >= 0.6 is 23.5 Å². The van der Waals surface area contributed by atoms with Crippen molar-refractivity contribution in [3.05, 3.63) is 102 Å². The molecule has 0 saturated carbocycles. The van der Waals surface area contributed by atoms with Gasteiger partial charge in [-0.15, -0.1) is 33.7 Å². The van der Waals surface area contributed by atoms with E-state index in [1.165, 1.54) is 32.6 Å². The third kappa shape index (κ3) is 7.49. The van der Waals surface area contributed by atoms with E-state index in [1.54, 1.807) is 21.3 Å². The Balaban J connectivity index is 1.60. The highest BCUT2D eigenvalue weighted by molar-refractivity contribution is 7.99. The number of tetrazole rings is 1. The summed E-state index contributed by atoms with van der Waals surface area (Å²) in [6.45, 7) is 0.621. The van der Waals surface area contributed by atoms with E-state index in [-0.39, 0.29) is 23.8 Å². The molecule has 0 aliphatic carbocycles. The van der Waals surface area contributed by atoms with E-state index in [1.807, 2.05) is 97.4 Å². The number of hydrogen-bond acceptors (Lipinski definition) is 10. The molecule has 4 aromatic carbocycles. The van der Waals surface area contributed by atoms with Crippen molar-refractivity contribution in [1.29, 1.82) is 0 Å². The number of benzene rings is 4. The molecule has 0 aliphatic rings. The molecular weight excluding hydrogens is 643 g/mol. The van der Waals surface area contributed by atoms with Gasteiger partial charge in [0, 0.05) is 22.9 Å². The highest BCUT2D eigenvalue weighted by Gasteiger charge is 2.33. The van der Waals surface area contributed by atoms with Crippen LogP contribution in [0.15, 0.2) is 99.6 Å². The Morgan fingerprint density at radius 3 is 1.59 bits per heavy atom. The molecule has 0 atom stereocenters. The Bertz CT molecular complexity index is 1810. The van der Waals surface area contributed by atoms with E-state index in [2.05, 4.69) is 15.4 Å². The fourth-order valence-corrected chi connectivity index (χ4v) is 8.27. The van der Waals surface area contributed by atoms with E-state index >= 15 is 0 Å². The Morgan fingerprint density at radius 2 is 1.13 bits per heavy atom. The lowest BCUT2D eigenvalue weighted by atomic mass is 10.2. The first-order valence-electron chi connectivity index (χ1n) is 14.2. The van der Waals surface area contributed by atoms with Crippen LogP contribution in [0.2, 0.25) is 0 Å². The standard InChI is InChI=1S/C33H35N5O5S3/c1-41-26-12-6-23(7-13-26)20-37(21-24-8-14-27(42-2)15-9-24)46(39,40)32-30(45-5)19-18-29(44-4)31(32)33-34-36-38(35-33)22-25-10-16-28(43-3)17-11-25/h6-19H,20-22H2,1-5H3. The van der Waals surface area contributed by atoms with Crippen LogP contribution in [0.3, 0.4) is 0 Å². The molecular formula is C33H35N5O5S3. The zero-order valence-corrected chi connectivity index (χ0v) is 28.7. The third-order valence-corrected chi connectivity index (χ3v) is 10.9. The second kappa shape index (κ2) is 15.0. The van der Waals surface area contributed by atoms with E-state index < -0.39 is 10.0 Å². The second-order valence-corrected chi connectivity index (χ2v) is 13.7. The minimum atomic E-state index is -4.13. The topological polar surface area (TPSA) is 109 Å². The van der Waals surface area contributed by atoms with Gasteiger partial charge in [-0.2, -0.15) is 9.10 Å². The number of methoxy groups -OCH3 is 3. The van der Waals surface area contributed by atoms with Crippen molar-refractivity contribution >= 4 is 33.5 Å². The van der Waals surface area contributed by atoms with E-state index in [0.717, 1.165) is 27.3 Å². The summed E-state index contributed by atoms with van der Waals surface area (Å²) in [6, 6.07) is 26.1. The molecule has 46 heavy (non-hydrogen) atoms. The Kier molecular flexibility index (Phi) is 10.9. The number of hydrogen-bond donors (Lipinski definition) is 0. The highest BCUT2D eigenvalue weighted by Crippen LogP contribution is 2.41. The third-order valence-electron chi connectivity index (χ3n) is 7.32. The number of aromatic nitrogens is 4. The van der Waals surface area contributed by atoms with Crippen molar-refractivity contribution in [3.63, 3.8) is 0 Å². The number of sulfonamides is 1. The average molecular weight is 678 g/mol. The molecule has 0 spiro atoms. The van der Waals surface area contributed by atoms with Crippen LogP contribution in [-0.2, 0) is 29.7 Å². The molecule has 5 rings (SSSR count). The van der Waals surface area contributed by atoms with Crippen molar-refractivity contribution in [3.8, 4) is 28.6 Å². The Labute approximate surface area is 278 Å². The minimum Gasteiger partial charge on any atom is -0.497 e. The first-order valence-corrected chi connectivity index (χ1v) is 18.1. The SMILES string of the molecule is COc1ccc(CN(Cc2ccc(OC)cc2)S(=O)(=O)c2c(SC)ccc(SC)c2-c2nnn(Cc3ccc(OC)cc3)n2)cc1. The summed E-state index contributed by atoms with van der Waals surface area (Å²) in [4.78, 5) is 2.94. The number of rotatable bonds is 14. The molecule has 1 heterocycles. The van der Waals surface area contributed by atoms with Gasteiger partial charge in [-0.05, 0) is 82.9 Å². The Morgan fingerprint density at radius 1 is 0.674 bits per heavy atom. The quantitative estimate of drug-likeness (QED) is 0.125. The molecule has 0 amide bonds. The molecule has 240 valence electrons. The largest absolute Gasteiger partial charge is 0.497 e. The van der Waals surface area contributed by atoms with Gasteiger partial charge in [-0.1, -0.05) is 36.4 Å². The number of ether oxygens (including phenoxy) is 3. The lowest BCUT2D eigenvalue weighted by Crippen LogP contribution is -2.31. The maximum Gasteiger partial charge on any atom is 0.245 e. The zero-order chi connectivity index (χ0) is 32.7. The van der Waals surface area contributed by atoms with Crippen molar-refractivity contribution in [1.82, 2.24) is 24.5 Å². The van der Waals surface area contributed by atoms with Crippen LogP contribution in [0.25, 0.3) is 11.4 Å². The fourth-order valence-electron chi connectivity index (χ4n) is 4.87. The van der Waals surface area contributed by atoms with Crippen LogP contribution in [-0.4, -0.2) is 66.8 Å². The first kappa shape index (κ1) is 33.3. The second-order valence-electron chi connectivity index (χ2n) is 10.1. The molecule has 13 heteroatoms. The summed E-state index contributed by atoms with van der Waals surface area (Å²) in [5.74, 6) is 2.37. The predicted octanol–water partition coefficient (Wildman–Crippen LogP) is 6.25. The van der Waals surface area contributed by atoms with Crippen molar-refractivity contribution in [2.45, 2.75) is 34.3 Å². The van der Waals surface area contributed by atoms with Crippen molar-refractivity contribution in [2.24, 2.45) is 0 Å². The van der Waals surface area contributed by atoms with Gasteiger partial charge in [0.25, 0.3) is 0 Å². The van der Waals surface area contributed by atoms with Gasteiger partial charge in [0.1, 0.15) is 22.1 Å². The monoisotopic (exact) mass is 677 g/mol. The van der Waals surface area contributed by atoms with Gasteiger partial charge < -0.3 is 14.2 Å².